The second kappa shape index (κ2) is 11.5. The zero-order chi connectivity index (χ0) is 22.1. The molecule has 0 radical (unpaired) electrons. The molecule has 170 valence electrons. The third-order valence-corrected chi connectivity index (χ3v) is 5.62. The molecule has 31 heavy (non-hydrogen) atoms. The van der Waals surface area contributed by atoms with E-state index in [4.69, 9.17) is 18.6 Å². The van der Waals surface area contributed by atoms with Gasteiger partial charge in [0.25, 0.3) is 0 Å². The van der Waals surface area contributed by atoms with Crippen molar-refractivity contribution in [3.63, 3.8) is 0 Å². The molecule has 1 fully saturated rings. The summed E-state index contributed by atoms with van der Waals surface area (Å²) in [6, 6.07) is 7.92. The molecule has 2 heterocycles. The molecule has 8 nitrogen and oxygen atoms in total. The molecule has 0 amide bonds. The van der Waals surface area contributed by atoms with E-state index in [-0.39, 0.29) is 6.04 Å². The van der Waals surface area contributed by atoms with Crippen LogP contribution in [0.3, 0.4) is 0 Å². The van der Waals surface area contributed by atoms with Crippen molar-refractivity contribution in [2.75, 3.05) is 54.6 Å². The number of guanidine groups is 1. The van der Waals surface area contributed by atoms with Crippen molar-refractivity contribution in [3.8, 4) is 17.2 Å². The van der Waals surface area contributed by atoms with Crippen molar-refractivity contribution < 1.29 is 18.6 Å². The summed E-state index contributed by atoms with van der Waals surface area (Å²) < 4.78 is 22.1. The van der Waals surface area contributed by atoms with Crippen molar-refractivity contribution in [2.45, 2.75) is 25.3 Å². The second-order valence-corrected chi connectivity index (χ2v) is 7.41. The van der Waals surface area contributed by atoms with Crippen LogP contribution in [0, 0.1) is 0 Å². The number of furan rings is 1. The van der Waals surface area contributed by atoms with Gasteiger partial charge in [0.2, 0.25) is 0 Å². The van der Waals surface area contributed by atoms with Crippen LogP contribution in [0.15, 0.2) is 39.9 Å². The van der Waals surface area contributed by atoms with Crippen LogP contribution in [-0.4, -0.2) is 65.4 Å². The maximum absolute atomic E-state index is 5.70. The number of ether oxygens (including phenoxy) is 3. The van der Waals surface area contributed by atoms with Crippen LogP contribution >= 0.6 is 0 Å². The van der Waals surface area contributed by atoms with Crippen LogP contribution in [0.5, 0.6) is 17.2 Å². The fourth-order valence-electron chi connectivity index (χ4n) is 3.99. The van der Waals surface area contributed by atoms with Gasteiger partial charge in [-0.1, -0.05) is 0 Å². The first-order valence-corrected chi connectivity index (χ1v) is 10.7. The average molecular weight is 431 g/mol. The summed E-state index contributed by atoms with van der Waals surface area (Å²) in [5, 5.41) is 6.84. The summed E-state index contributed by atoms with van der Waals surface area (Å²) in [4.78, 5) is 6.84. The van der Waals surface area contributed by atoms with E-state index in [1.54, 1.807) is 34.6 Å². The van der Waals surface area contributed by atoms with Gasteiger partial charge in [0.05, 0.1) is 33.6 Å². The fraction of sp³-hybridized carbons (Fsp3) is 0.522. The van der Waals surface area contributed by atoms with Crippen LogP contribution in [0.1, 0.15) is 30.2 Å². The van der Waals surface area contributed by atoms with E-state index in [1.165, 1.54) is 12.8 Å². The average Bonchev–Trinajstić information content (AvgIpc) is 3.52. The van der Waals surface area contributed by atoms with Crippen molar-refractivity contribution in [2.24, 2.45) is 4.99 Å². The van der Waals surface area contributed by atoms with Crippen molar-refractivity contribution >= 4 is 5.96 Å². The minimum atomic E-state index is 0.192. The van der Waals surface area contributed by atoms with E-state index >= 15 is 0 Å². The Morgan fingerprint density at radius 2 is 1.81 bits per heavy atom. The Morgan fingerprint density at radius 3 is 2.35 bits per heavy atom. The van der Waals surface area contributed by atoms with E-state index < -0.39 is 0 Å². The van der Waals surface area contributed by atoms with E-state index in [0.717, 1.165) is 48.4 Å². The predicted molar refractivity (Wildman–Crippen MR) is 121 cm³/mol. The van der Waals surface area contributed by atoms with Crippen molar-refractivity contribution in [1.29, 1.82) is 0 Å². The standard InChI is InChI=1S/C23H34N4O4/c1-24-23(26-16-19(20-8-7-13-31-20)27-11-5-6-12-27)25-10-9-18-21(29-3)14-17(28-2)15-22(18)30-4/h7-8,13-15,19H,5-6,9-12,16H2,1-4H3,(H2,24,25,26). The van der Waals surface area contributed by atoms with Gasteiger partial charge in [-0.05, 0) is 44.5 Å². The van der Waals surface area contributed by atoms with Gasteiger partial charge in [0.1, 0.15) is 23.0 Å². The second-order valence-electron chi connectivity index (χ2n) is 7.41. The number of rotatable bonds is 10. The summed E-state index contributed by atoms with van der Waals surface area (Å²) in [5.41, 5.74) is 0.985. The van der Waals surface area contributed by atoms with Crippen LogP contribution < -0.4 is 24.8 Å². The third-order valence-electron chi connectivity index (χ3n) is 5.62. The molecule has 8 heteroatoms. The molecule has 0 saturated carbocycles. The summed E-state index contributed by atoms with van der Waals surface area (Å²) in [5.74, 6) is 3.93. The number of aliphatic imine (C=N–C) groups is 1. The first kappa shape index (κ1) is 22.8. The molecule has 0 bridgehead atoms. The Bertz CT molecular complexity index is 807. The van der Waals surface area contributed by atoms with Gasteiger partial charge in [-0.15, -0.1) is 0 Å². The fourth-order valence-corrected chi connectivity index (χ4v) is 3.99. The summed E-state index contributed by atoms with van der Waals surface area (Å²) >= 11 is 0. The molecule has 2 aromatic rings. The molecule has 1 unspecified atom stereocenters. The molecule has 0 spiro atoms. The van der Waals surface area contributed by atoms with Gasteiger partial charge in [0, 0.05) is 37.8 Å². The monoisotopic (exact) mass is 430 g/mol. The minimum absolute atomic E-state index is 0.192. The maximum Gasteiger partial charge on any atom is 0.191 e. The smallest absolute Gasteiger partial charge is 0.191 e. The Kier molecular flexibility index (Phi) is 8.46. The molecule has 1 aliphatic heterocycles. The van der Waals surface area contributed by atoms with Gasteiger partial charge >= 0.3 is 0 Å². The highest BCUT2D eigenvalue weighted by Gasteiger charge is 2.25. The Hall–Kier alpha value is -2.87. The van der Waals surface area contributed by atoms with Crippen molar-refractivity contribution in [1.82, 2.24) is 15.5 Å². The third kappa shape index (κ3) is 5.85. The van der Waals surface area contributed by atoms with Crippen LogP contribution in [-0.2, 0) is 6.42 Å². The number of likely N-dealkylation sites (tertiary alicyclic amines) is 1. The molecule has 1 aliphatic rings. The molecule has 2 N–H and O–H groups in total. The van der Waals surface area contributed by atoms with E-state index in [9.17, 15) is 0 Å². The van der Waals surface area contributed by atoms with E-state index in [2.05, 4.69) is 20.5 Å². The molecule has 0 aliphatic carbocycles. The van der Waals surface area contributed by atoms with Gasteiger partial charge < -0.3 is 29.3 Å². The Balaban J connectivity index is 1.58. The Labute approximate surface area is 184 Å². The zero-order valence-corrected chi connectivity index (χ0v) is 18.9. The normalized spacial score (nSPS) is 15.5. The molecule has 1 atom stereocenters. The van der Waals surface area contributed by atoms with E-state index in [1.807, 2.05) is 24.3 Å². The van der Waals surface area contributed by atoms with Gasteiger partial charge in [-0.2, -0.15) is 0 Å². The molecule has 3 rings (SSSR count). The highest BCUT2D eigenvalue weighted by Crippen LogP contribution is 2.34. The summed E-state index contributed by atoms with van der Waals surface area (Å²) in [6.45, 7) is 3.59. The lowest BCUT2D eigenvalue weighted by molar-refractivity contribution is 0.215. The lowest BCUT2D eigenvalue weighted by Gasteiger charge is -2.26. The summed E-state index contributed by atoms with van der Waals surface area (Å²) in [6.07, 6.45) is 4.91. The van der Waals surface area contributed by atoms with Gasteiger partial charge in [-0.25, -0.2) is 0 Å². The topological polar surface area (TPSA) is 80.5 Å². The molecular weight excluding hydrogens is 396 g/mol. The SMILES string of the molecule is CN=C(NCCc1c(OC)cc(OC)cc1OC)NCC(c1ccco1)N1CCCC1. The minimum Gasteiger partial charge on any atom is -0.496 e. The number of nitrogens with one attached hydrogen (secondary N) is 2. The Morgan fingerprint density at radius 1 is 1.10 bits per heavy atom. The predicted octanol–water partition coefficient (Wildman–Crippen LogP) is 2.85. The van der Waals surface area contributed by atoms with Crippen molar-refractivity contribution in [3.05, 3.63) is 41.9 Å². The maximum atomic E-state index is 5.70. The lowest BCUT2D eigenvalue weighted by atomic mass is 10.1. The van der Waals surface area contributed by atoms with Crippen LogP contribution in [0.2, 0.25) is 0 Å². The quantitative estimate of drug-likeness (QED) is 0.443. The van der Waals surface area contributed by atoms with Crippen LogP contribution in [0.4, 0.5) is 0 Å². The molecular formula is C23H34N4O4. The highest BCUT2D eigenvalue weighted by atomic mass is 16.5. The van der Waals surface area contributed by atoms with Gasteiger partial charge in [0.15, 0.2) is 5.96 Å². The lowest BCUT2D eigenvalue weighted by Crippen LogP contribution is -2.43. The highest BCUT2D eigenvalue weighted by molar-refractivity contribution is 5.79. The van der Waals surface area contributed by atoms with Gasteiger partial charge in [-0.3, -0.25) is 9.89 Å². The number of methoxy groups -OCH3 is 3. The molecule has 1 aromatic carbocycles. The number of nitrogens with zero attached hydrogens (tertiary/aromatic N) is 2. The first-order valence-electron chi connectivity index (χ1n) is 10.7. The zero-order valence-electron chi connectivity index (χ0n) is 18.9. The van der Waals surface area contributed by atoms with E-state index in [0.29, 0.717) is 18.7 Å². The number of hydrogen-bond acceptors (Lipinski definition) is 6. The largest absolute Gasteiger partial charge is 0.496 e. The first-order chi connectivity index (χ1) is 15.2. The number of hydrogen-bond donors (Lipinski definition) is 2. The molecule has 1 aromatic heterocycles. The number of benzene rings is 1. The molecule has 1 saturated heterocycles. The van der Waals surface area contributed by atoms with Crippen LogP contribution in [0.25, 0.3) is 0 Å². The summed E-state index contributed by atoms with van der Waals surface area (Å²) in [7, 11) is 6.71.